The number of rotatable bonds is 4. The first-order valence-electron chi connectivity index (χ1n) is 10.4. The number of amides is 1. The molecular weight excluding hydrogens is 434 g/mol. The number of fused-ring (bicyclic) bond motifs is 1. The minimum absolute atomic E-state index is 0.221. The standard InChI is InChI=1S/C22H22ClN5O2S/c1-13-6-7-14(21-26-25-20-5-3-2-4-10-28(20)21)11-15(13)24-22(29)17-12-16(27-30-17)18-8-9-19(23)31-18/h6-9,11,17H,2-5,10,12H2,1H3,(H,24,29). The number of nitrogens with zero attached hydrogens (tertiary/aromatic N) is 4. The predicted octanol–water partition coefficient (Wildman–Crippen LogP) is 4.83. The average molecular weight is 456 g/mol. The molecule has 7 nitrogen and oxygen atoms in total. The maximum atomic E-state index is 12.9. The Morgan fingerprint density at radius 2 is 2.13 bits per heavy atom. The molecule has 1 atom stereocenters. The smallest absolute Gasteiger partial charge is 0.268 e. The lowest BCUT2D eigenvalue weighted by Gasteiger charge is -2.13. The van der Waals surface area contributed by atoms with Crippen molar-refractivity contribution in [3.8, 4) is 11.4 Å². The third-order valence-corrected chi connectivity index (χ3v) is 6.96. The van der Waals surface area contributed by atoms with Gasteiger partial charge < -0.3 is 14.7 Å². The minimum atomic E-state index is -0.664. The van der Waals surface area contributed by atoms with Gasteiger partial charge in [0.15, 0.2) is 5.82 Å². The van der Waals surface area contributed by atoms with Crippen LogP contribution in [0.1, 0.15) is 41.9 Å². The van der Waals surface area contributed by atoms with Gasteiger partial charge in [-0.1, -0.05) is 35.3 Å². The van der Waals surface area contributed by atoms with Crippen LogP contribution in [0.3, 0.4) is 0 Å². The van der Waals surface area contributed by atoms with Crippen molar-refractivity contribution in [1.29, 1.82) is 0 Å². The third-order valence-electron chi connectivity index (χ3n) is 5.68. The van der Waals surface area contributed by atoms with Gasteiger partial charge in [-0.25, -0.2) is 0 Å². The number of halogens is 1. The fraction of sp³-hybridized carbons (Fsp3) is 0.364. The number of carbonyl (C=O) groups excluding carboxylic acids is 1. The van der Waals surface area contributed by atoms with Crippen molar-refractivity contribution in [2.75, 3.05) is 5.32 Å². The summed E-state index contributed by atoms with van der Waals surface area (Å²) in [5.74, 6) is 1.67. The molecule has 1 aromatic carbocycles. The van der Waals surface area contributed by atoms with Crippen LogP contribution in [0.2, 0.25) is 4.34 Å². The maximum Gasteiger partial charge on any atom is 0.268 e. The highest BCUT2D eigenvalue weighted by Gasteiger charge is 2.30. The first kappa shape index (κ1) is 20.2. The van der Waals surface area contributed by atoms with Crippen LogP contribution in [0.5, 0.6) is 0 Å². The summed E-state index contributed by atoms with van der Waals surface area (Å²) in [6.45, 7) is 2.89. The lowest BCUT2D eigenvalue weighted by atomic mass is 10.1. The second-order valence-electron chi connectivity index (χ2n) is 7.86. The van der Waals surface area contributed by atoms with Gasteiger partial charge in [-0.2, -0.15) is 0 Å². The largest absolute Gasteiger partial charge is 0.382 e. The molecule has 9 heteroatoms. The molecule has 4 heterocycles. The molecule has 1 N–H and O–H groups in total. The molecule has 0 saturated carbocycles. The van der Waals surface area contributed by atoms with Crippen LogP contribution in [0, 0.1) is 6.92 Å². The van der Waals surface area contributed by atoms with E-state index < -0.39 is 6.10 Å². The highest BCUT2D eigenvalue weighted by Crippen LogP contribution is 2.29. The Morgan fingerprint density at radius 3 is 2.97 bits per heavy atom. The molecule has 5 rings (SSSR count). The van der Waals surface area contributed by atoms with E-state index >= 15 is 0 Å². The van der Waals surface area contributed by atoms with Crippen LogP contribution in [-0.2, 0) is 22.6 Å². The number of oxime groups is 1. The number of hydrogen-bond acceptors (Lipinski definition) is 6. The SMILES string of the molecule is Cc1ccc(-c2nnc3n2CCCCC3)cc1NC(=O)C1CC(c2ccc(Cl)s2)=NO1. The molecule has 31 heavy (non-hydrogen) atoms. The maximum absolute atomic E-state index is 12.9. The van der Waals surface area contributed by atoms with E-state index in [1.807, 2.05) is 37.3 Å². The monoisotopic (exact) mass is 455 g/mol. The Balaban J connectivity index is 1.32. The molecule has 1 amide bonds. The van der Waals surface area contributed by atoms with E-state index in [1.54, 1.807) is 0 Å². The molecular formula is C22H22ClN5O2S. The second-order valence-corrected chi connectivity index (χ2v) is 9.58. The van der Waals surface area contributed by atoms with Gasteiger partial charge >= 0.3 is 0 Å². The lowest BCUT2D eigenvalue weighted by Crippen LogP contribution is -2.28. The van der Waals surface area contributed by atoms with Crippen molar-refractivity contribution < 1.29 is 9.63 Å². The molecule has 0 fully saturated rings. The number of carbonyl (C=O) groups is 1. The van der Waals surface area contributed by atoms with E-state index in [9.17, 15) is 4.79 Å². The minimum Gasteiger partial charge on any atom is -0.382 e. The van der Waals surface area contributed by atoms with Gasteiger partial charge in [0.1, 0.15) is 11.5 Å². The van der Waals surface area contributed by atoms with E-state index in [-0.39, 0.29) is 5.91 Å². The van der Waals surface area contributed by atoms with Crippen molar-refractivity contribution in [3.05, 3.63) is 50.9 Å². The Morgan fingerprint density at radius 1 is 1.23 bits per heavy atom. The molecule has 1 unspecified atom stereocenters. The fourth-order valence-electron chi connectivity index (χ4n) is 3.94. The van der Waals surface area contributed by atoms with Crippen molar-refractivity contribution in [3.63, 3.8) is 0 Å². The summed E-state index contributed by atoms with van der Waals surface area (Å²) >= 11 is 7.43. The summed E-state index contributed by atoms with van der Waals surface area (Å²) in [4.78, 5) is 19.2. The van der Waals surface area contributed by atoms with Crippen LogP contribution < -0.4 is 5.32 Å². The van der Waals surface area contributed by atoms with E-state index in [0.717, 1.165) is 64.9 Å². The molecule has 0 saturated heterocycles. The van der Waals surface area contributed by atoms with Gasteiger partial charge in [-0.15, -0.1) is 21.5 Å². The summed E-state index contributed by atoms with van der Waals surface area (Å²) in [5, 5.41) is 15.9. The lowest BCUT2D eigenvalue weighted by molar-refractivity contribution is -0.125. The van der Waals surface area contributed by atoms with Gasteiger partial charge in [-0.05, 0) is 43.5 Å². The highest BCUT2D eigenvalue weighted by molar-refractivity contribution is 7.18. The number of anilines is 1. The topological polar surface area (TPSA) is 81.4 Å². The third kappa shape index (κ3) is 4.09. The molecule has 0 radical (unpaired) electrons. The van der Waals surface area contributed by atoms with Crippen molar-refractivity contribution >= 4 is 40.2 Å². The van der Waals surface area contributed by atoms with E-state index in [4.69, 9.17) is 16.4 Å². The first-order chi connectivity index (χ1) is 15.1. The molecule has 3 aromatic rings. The summed E-state index contributed by atoms with van der Waals surface area (Å²) in [6.07, 6.45) is 4.20. The Kier molecular flexibility index (Phi) is 5.50. The van der Waals surface area contributed by atoms with Crippen LogP contribution in [0.25, 0.3) is 11.4 Å². The summed E-state index contributed by atoms with van der Waals surface area (Å²) in [6, 6.07) is 9.70. The molecule has 2 aliphatic heterocycles. The van der Waals surface area contributed by atoms with Gasteiger partial charge in [-0.3, -0.25) is 4.79 Å². The van der Waals surface area contributed by atoms with Gasteiger partial charge in [0.25, 0.3) is 5.91 Å². The van der Waals surface area contributed by atoms with Crippen molar-refractivity contribution in [2.24, 2.45) is 5.16 Å². The molecule has 2 aromatic heterocycles. The van der Waals surface area contributed by atoms with E-state index in [0.29, 0.717) is 10.8 Å². The number of thiophene rings is 1. The van der Waals surface area contributed by atoms with Crippen LogP contribution in [0.4, 0.5) is 5.69 Å². The average Bonchev–Trinajstić information content (AvgIpc) is 3.47. The zero-order chi connectivity index (χ0) is 21.4. The zero-order valence-corrected chi connectivity index (χ0v) is 18.7. The van der Waals surface area contributed by atoms with Crippen molar-refractivity contribution in [1.82, 2.24) is 14.8 Å². The Bertz CT molecular complexity index is 1170. The second kappa shape index (κ2) is 8.43. The van der Waals surface area contributed by atoms with E-state index in [2.05, 4.69) is 25.2 Å². The Labute approximate surface area is 189 Å². The van der Waals surface area contributed by atoms with Gasteiger partial charge in [0, 0.05) is 30.6 Å². The quantitative estimate of drug-likeness (QED) is 0.611. The summed E-state index contributed by atoms with van der Waals surface area (Å²) in [5.41, 5.74) is 3.40. The van der Waals surface area contributed by atoms with Crippen LogP contribution >= 0.6 is 22.9 Å². The molecule has 0 bridgehead atoms. The number of aromatic nitrogens is 3. The first-order valence-corrected chi connectivity index (χ1v) is 11.6. The number of benzene rings is 1. The highest BCUT2D eigenvalue weighted by atomic mass is 35.5. The fourth-order valence-corrected chi connectivity index (χ4v) is 4.97. The van der Waals surface area contributed by atoms with Gasteiger partial charge in [0.05, 0.1) is 9.21 Å². The molecule has 2 aliphatic rings. The molecule has 0 aliphatic carbocycles. The zero-order valence-electron chi connectivity index (χ0n) is 17.1. The molecule has 160 valence electrons. The van der Waals surface area contributed by atoms with Crippen LogP contribution in [-0.4, -0.2) is 32.5 Å². The number of hydrogen-bond donors (Lipinski definition) is 1. The normalized spacial score (nSPS) is 18.1. The Hall–Kier alpha value is -2.71. The van der Waals surface area contributed by atoms with Crippen molar-refractivity contribution in [2.45, 2.75) is 51.7 Å². The predicted molar refractivity (Wildman–Crippen MR) is 122 cm³/mol. The number of nitrogens with one attached hydrogen (secondary N) is 1. The summed E-state index contributed by atoms with van der Waals surface area (Å²) < 4.78 is 2.89. The van der Waals surface area contributed by atoms with Crippen LogP contribution in [0.15, 0.2) is 35.5 Å². The van der Waals surface area contributed by atoms with Gasteiger partial charge in [0.2, 0.25) is 6.10 Å². The summed E-state index contributed by atoms with van der Waals surface area (Å²) in [7, 11) is 0. The number of aryl methyl sites for hydroxylation is 2. The van der Waals surface area contributed by atoms with E-state index in [1.165, 1.54) is 17.8 Å². The molecule has 0 spiro atoms.